The van der Waals surface area contributed by atoms with Crippen LogP contribution in [0.2, 0.25) is 0 Å². The maximum atomic E-state index is 11.3. The molecule has 13 heteroatoms. The Kier molecular flexibility index (Phi) is 10.0. The first-order chi connectivity index (χ1) is 24.6. The number of rotatable bonds is 5. The number of hydrogen-bond acceptors (Lipinski definition) is 13. The van der Waals surface area contributed by atoms with Crippen LogP contribution >= 0.6 is 0 Å². The molecule has 13 nitrogen and oxygen atoms in total. The summed E-state index contributed by atoms with van der Waals surface area (Å²) >= 11 is 0. The molecule has 296 valence electrons. The lowest BCUT2D eigenvalue weighted by atomic mass is 9.46. The fraction of sp³-hybridized carbons (Fsp3) is 0.949. The molecule has 4 saturated heterocycles. The molecular formula is C39H62O13. The van der Waals surface area contributed by atoms with E-state index in [0.717, 1.165) is 50.7 Å². The quantitative estimate of drug-likeness (QED) is 0.200. The maximum Gasteiger partial charge on any atom is 0.187 e. The van der Waals surface area contributed by atoms with Crippen molar-refractivity contribution in [1.82, 2.24) is 0 Å². The monoisotopic (exact) mass is 738 g/mol. The van der Waals surface area contributed by atoms with Crippen LogP contribution < -0.4 is 0 Å². The molecule has 0 aromatic rings. The first kappa shape index (κ1) is 38.1. The van der Waals surface area contributed by atoms with Crippen LogP contribution in [0.4, 0.5) is 0 Å². The molecule has 8 rings (SSSR count). The molecule has 0 radical (unpaired) electrons. The number of aliphatic hydroxyl groups is 7. The zero-order valence-corrected chi connectivity index (χ0v) is 31.2. The molecule has 1 spiro atoms. The topological polar surface area (TPSA) is 197 Å². The van der Waals surface area contributed by atoms with Gasteiger partial charge in [0.2, 0.25) is 0 Å². The van der Waals surface area contributed by atoms with Gasteiger partial charge in [-0.05, 0) is 80.5 Å². The van der Waals surface area contributed by atoms with Crippen LogP contribution in [0.25, 0.3) is 0 Å². The third kappa shape index (κ3) is 5.74. The Morgan fingerprint density at radius 1 is 0.827 bits per heavy atom. The molecule has 4 heterocycles. The van der Waals surface area contributed by atoms with E-state index < -0.39 is 91.4 Å². The van der Waals surface area contributed by atoms with Crippen molar-refractivity contribution in [3.63, 3.8) is 0 Å². The highest BCUT2D eigenvalue weighted by Gasteiger charge is 2.69. The lowest BCUT2D eigenvalue weighted by Gasteiger charge is -2.60. The molecular weight excluding hydrogens is 676 g/mol. The third-order valence-corrected chi connectivity index (χ3v) is 15.6. The maximum absolute atomic E-state index is 11.3. The summed E-state index contributed by atoms with van der Waals surface area (Å²) in [5.41, 5.74) is 0.762. The smallest absolute Gasteiger partial charge is 0.187 e. The molecule has 4 aliphatic carbocycles. The average molecular weight is 739 g/mol. The molecule has 22 atom stereocenters. The minimum Gasteiger partial charge on any atom is -0.394 e. The molecule has 0 bridgehead atoms. The summed E-state index contributed by atoms with van der Waals surface area (Å²) < 4.78 is 38.2. The normalized spacial score (nSPS) is 58.9. The van der Waals surface area contributed by atoms with Gasteiger partial charge in [-0.1, -0.05) is 39.3 Å². The van der Waals surface area contributed by atoms with Gasteiger partial charge in [-0.25, -0.2) is 0 Å². The molecule has 0 aromatic heterocycles. The molecule has 7 fully saturated rings. The van der Waals surface area contributed by atoms with Crippen molar-refractivity contribution >= 4 is 0 Å². The van der Waals surface area contributed by atoms with Gasteiger partial charge in [-0.3, -0.25) is 0 Å². The number of allylic oxidation sites excluding steroid dienone is 1. The van der Waals surface area contributed by atoms with Gasteiger partial charge in [0.25, 0.3) is 0 Å². The summed E-state index contributed by atoms with van der Waals surface area (Å²) in [6, 6.07) is 0. The summed E-state index contributed by atoms with van der Waals surface area (Å²) in [7, 11) is 0. The first-order valence-corrected chi connectivity index (χ1v) is 19.9. The van der Waals surface area contributed by atoms with Gasteiger partial charge >= 0.3 is 0 Å². The van der Waals surface area contributed by atoms with E-state index in [1.807, 2.05) is 0 Å². The summed E-state index contributed by atoms with van der Waals surface area (Å²) in [4.78, 5) is 0. The summed E-state index contributed by atoms with van der Waals surface area (Å²) in [5, 5.41) is 74.9. The highest BCUT2D eigenvalue weighted by molar-refractivity contribution is 5.29. The van der Waals surface area contributed by atoms with Gasteiger partial charge in [0.05, 0.1) is 37.6 Å². The van der Waals surface area contributed by atoms with Crippen molar-refractivity contribution in [3.05, 3.63) is 11.6 Å². The average Bonchev–Trinajstić information content (AvgIpc) is 3.56. The van der Waals surface area contributed by atoms with E-state index in [-0.39, 0.29) is 17.4 Å². The summed E-state index contributed by atoms with van der Waals surface area (Å²) in [5.74, 6) is 1.86. The van der Waals surface area contributed by atoms with Crippen molar-refractivity contribution in [3.8, 4) is 0 Å². The van der Waals surface area contributed by atoms with E-state index in [9.17, 15) is 35.7 Å². The van der Waals surface area contributed by atoms with E-state index in [2.05, 4.69) is 33.8 Å². The first-order valence-electron chi connectivity index (χ1n) is 19.9. The molecule has 0 amide bonds. The number of aliphatic hydroxyl groups excluding tert-OH is 7. The Morgan fingerprint density at radius 3 is 2.31 bits per heavy atom. The Labute approximate surface area is 306 Å². The Morgan fingerprint density at radius 2 is 1.60 bits per heavy atom. The van der Waals surface area contributed by atoms with Crippen LogP contribution in [-0.4, -0.2) is 134 Å². The number of fused-ring (bicyclic) bond motifs is 7. The van der Waals surface area contributed by atoms with Gasteiger partial charge in [-0.2, -0.15) is 0 Å². The van der Waals surface area contributed by atoms with Crippen LogP contribution in [0.15, 0.2) is 11.6 Å². The zero-order chi connectivity index (χ0) is 37.1. The van der Waals surface area contributed by atoms with Gasteiger partial charge in [0.15, 0.2) is 18.4 Å². The predicted molar refractivity (Wildman–Crippen MR) is 183 cm³/mol. The molecule has 7 N–H and O–H groups in total. The minimum atomic E-state index is -1.66. The van der Waals surface area contributed by atoms with E-state index in [1.165, 1.54) is 6.92 Å². The summed E-state index contributed by atoms with van der Waals surface area (Å²) in [6.45, 7) is 11.0. The van der Waals surface area contributed by atoms with Gasteiger partial charge in [0.1, 0.15) is 42.7 Å². The van der Waals surface area contributed by atoms with Gasteiger partial charge in [0, 0.05) is 24.2 Å². The van der Waals surface area contributed by atoms with Crippen molar-refractivity contribution in [1.29, 1.82) is 0 Å². The third-order valence-electron chi connectivity index (χ3n) is 15.6. The SMILES string of the molecule is C[C@@H]1CC[C@@]2(OC1)O[C@H]1C[C@H]3[C@@H]4CC=C5C[C@H](O)C[C@@H](O[C@H]6O[C@@H](CO)[C@H](O)[C@@H](O)[C@H]6O[C@@H]6O[C@@H](C)[C@H](O)[C@H](O)[C@@H]6O)[C@]5(C)[C@H]4CC[C@]3(C)[C@H]1[C@@H]2C. The molecule has 3 saturated carbocycles. The van der Waals surface area contributed by atoms with Gasteiger partial charge in [-0.15, -0.1) is 0 Å². The van der Waals surface area contributed by atoms with E-state index in [0.29, 0.717) is 42.4 Å². The highest BCUT2D eigenvalue weighted by Crippen LogP contribution is 2.71. The van der Waals surface area contributed by atoms with E-state index >= 15 is 0 Å². The van der Waals surface area contributed by atoms with Crippen molar-refractivity contribution in [2.45, 2.75) is 171 Å². The van der Waals surface area contributed by atoms with Crippen LogP contribution in [-0.2, 0) is 28.4 Å². The second kappa shape index (κ2) is 13.7. The van der Waals surface area contributed by atoms with Crippen LogP contribution in [0.1, 0.15) is 86.0 Å². The standard InChI is InChI=1S/C39H62O13/c1-17-8-11-39(47-16-17)18(2)28-25(52-39)14-24-22-7-6-20-12-21(41)13-27(38(20,5)23(22)9-10-37(24,28)4)50-36-34(32(45)30(43)26(15-40)49-36)51-35-33(46)31(44)29(42)19(3)48-35/h6,17-19,21-36,40-46H,7-16H2,1-5H3/t17-,18+,19+,21+,22-,23+,24+,25+,26+,27-,28+,29+,30+,31+,32-,33+,34-,35+,36-,37+,38+,39-/m1/s1. The largest absolute Gasteiger partial charge is 0.394 e. The molecule has 0 unspecified atom stereocenters. The second-order valence-corrected chi connectivity index (χ2v) is 18.3. The summed E-state index contributed by atoms with van der Waals surface area (Å²) in [6.07, 6.45) is -5.95. The van der Waals surface area contributed by atoms with E-state index in [4.69, 9.17) is 28.4 Å². The fourth-order valence-electron chi connectivity index (χ4n) is 12.6. The number of ether oxygens (including phenoxy) is 6. The zero-order valence-electron chi connectivity index (χ0n) is 31.2. The van der Waals surface area contributed by atoms with Crippen LogP contribution in [0, 0.1) is 46.3 Å². The fourth-order valence-corrected chi connectivity index (χ4v) is 12.6. The van der Waals surface area contributed by atoms with Gasteiger partial charge < -0.3 is 64.2 Å². The van der Waals surface area contributed by atoms with Crippen LogP contribution in [0.5, 0.6) is 0 Å². The van der Waals surface area contributed by atoms with Crippen molar-refractivity contribution in [2.75, 3.05) is 13.2 Å². The Bertz CT molecular complexity index is 1340. The number of hydrogen-bond donors (Lipinski definition) is 7. The minimum absolute atomic E-state index is 0.101. The van der Waals surface area contributed by atoms with E-state index in [1.54, 1.807) is 0 Å². The molecule has 52 heavy (non-hydrogen) atoms. The van der Waals surface area contributed by atoms with Crippen molar-refractivity contribution in [2.24, 2.45) is 46.3 Å². The molecule has 0 aromatic carbocycles. The molecule has 8 aliphatic rings. The Balaban J connectivity index is 1.06. The molecule has 4 aliphatic heterocycles. The highest BCUT2D eigenvalue weighted by atomic mass is 16.8. The Hall–Kier alpha value is -0.780. The van der Waals surface area contributed by atoms with Crippen molar-refractivity contribution < 1.29 is 64.2 Å². The van der Waals surface area contributed by atoms with Crippen LogP contribution in [0.3, 0.4) is 0 Å². The lowest BCUT2D eigenvalue weighted by molar-refractivity contribution is -0.374. The second-order valence-electron chi connectivity index (χ2n) is 18.3. The lowest BCUT2D eigenvalue weighted by Crippen LogP contribution is -2.65. The predicted octanol–water partition coefficient (Wildman–Crippen LogP) is 1.36.